The summed E-state index contributed by atoms with van der Waals surface area (Å²) in [6, 6.07) is 13.9. The molecule has 0 aliphatic carbocycles. The number of nitrogens with one attached hydrogen (secondary N) is 2. The zero-order valence-corrected chi connectivity index (χ0v) is 15.6. The molecule has 0 aliphatic rings. The van der Waals surface area contributed by atoms with Gasteiger partial charge in [0.05, 0.1) is 30.4 Å². The number of carbonyl (C=O) groups is 2. The third-order valence-corrected chi connectivity index (χ3v) is 4.01. The SMILES string of the molecule is CC(NC(=O)CN(C)CC(=O)Nc1ccccc1C(F)(F)F)c1ccccc1. The smallest absolute Gasteiger partial charge is 0.348 e. The number of likely N-dealkylation sites (N-methyl/N-ethyl adjacent to an activating group) is 1. The van der Waals surface area contributed by atoms with E-state index in [0.29, 0.717) is 0 Å². The van der Waals surface area contributed by atoms with Crippen molar-refractivity contribution in [2.24, 2.45) is 0 Å². The molecule has 0 saturated carbocycles. The van der Waals surface area contributed by atoms with E-state index < -0.39 is 17.6 Å². The third-order valence-electron chi connectivity index (χ3n) is 4.01. The molecule has 2 aromatic carbocycles. The van der Waals surface area contributed by atoms with Crippen LogP contribution in [-0.2, 0) is 15.8 Å². The van der Waals surface area contributed by atoms with E-state index in [0.717, 1.165) is 11.6 Å². The second kappa shape index (κ2) is 9.36. The highest BCUT2D eigenvalue weighted by Gasteiger charge is 2.33. The summed E-state index contributed by atoms with van der Waals surface area (Å²) >= 11 is 0. The molecule has 0 aromatic heterocycles. The molecule has 2 amide bonds. The van der Waals surface area contributed by atoms with Crippen LogP contribution < -0.4 is 10.6 Å². The fourth-order valence-corrected chi connectivity index (χ4v) is 2.69. The summed E-state index contributed by atoms with van der Waals surface area (Å²) < 4.78 is 38.9. The Morgan fingerprint density at radius 2 is 1.54 bits per heavy atom. The van der Waals surface area contributed by atoms with Crippen LogP contribution in [0.1, 0.15) is 24.1 Å². The van der Waals surface area contributed by atoms with Crippen LogP contribution in [0, 0.1) is 0 Å². The topological polar surface area (TPSA) is 61.4 Å². The molecular formula is C20H22F3N3O2. The van der Waals surface area contributed by atoms with E-state index in [9.17, 15) is 22.8 Å². The van der Waals surface area contributed by atoms with Crippen molar-refractivity contribution in [1.29, 1.82) is 0 Å². The average Bonchev–Trinajstić information content (AvgIpc) is 2.61. The Morgan fingerprint density at radius 3 is 2.18 bits per heavy atom. The van der Waals surface area contributed by atoms with Gasteiger partial charge in [0.15, 0.2) is 0 Å². The molecule has 0 aliphatic heterocycles. The molecule has 2 rings (SSSR count). The van der Waals surface area contributed by atoms with E-state index >= 15 is 0 Å². The van der Waals surface area contributed by atoms with E-state index in [-0.39, 0.29) is 30.7 Å². The maximum absolute atomic E-state index is 13.0. The zero-order chi connectivity index (χ0) is 20.7. The number of carbonyl (C=O) groups excluding carboxylic acids is 2. The monoisotopic (exact) mass is 393 g/mol. The molecule has 1 unspecified atom stereocenters. The van der Waals surface area contributed by atoms with Gasteiger partial charge in [-0.2, -0.15) is 13.2 Å². The van der Waals surface area contributed by atoms with Crippen molar-refractivity contribution in [3.05, 3.63) is 65.7 Å². The summed E-state index contributed by atoms with van der Waals surface area (Å²) in [6.07, 6.45) is -4.57. The molecular weight excluding hydrogens is 371 g/mol. The van der Waals surface area contributed by atoms with Gasteiger partial charge in [-0.3, -0.25) is 14.5 Å². The lowest BCUT2D eigenvalue weighted by Gasteiger charge is -2.19. The number of halogens is 3. The fourth-order valence-electron chi connectivity index (χ4n) is 2.69. The van der Waals surface area contributed by atoms with Crippen molar-refractivity contribution in [3.63, 3.8) is 0 Å². The highest BCUT2D eigenvalue weighted by atomic mass is 19.4. The van der Waals surface area contributed by atoms with E-state index in [4.69, 9.17) is 0 Å². The Hall–Kier alpha value is -2.87. The first-order valence-corrected chi connectivity index (χ1v) is 8.65. The Bertz CT molecular complexity index is 810. The Kier molecular flexibility index (Phi) is 7.17. The lowest BCUT2D eigenvalue weighted by atomic mass is 10.1. The first-order chi connectivity index (χ1) is 13.2. The largest absolute Gasteiger partial charge is 0.418 e. The molecule has 8 heteroatoms. The van der Waals surface area contributed by atoms with Gasteiger partial charge in [0.25, 0.3) is 0 Å². The predicted molar refractivity (Wildman–Crippen MR) is 101 cm³/mol. The number of para-hydroxylation sites is 1. The van der Waals surface area contributed by atoms with Gasteiger partial charge in [-0.05, 0) is 31.7 Å². The molecule has 2 aromatic rings. The van der Waals surface area contributed by atoms with Gasteiger partial charge >= 0.3 is 6.18 Å². The van der Waals surface area contributed by atoms with Crippen LogP contribution in [0.25, 0.3) is 0 Å². The maximum atomic E-state index is 13.0. The summed E-state index contributed by atoms with van der Waals surface area (Å²) in [6.45, 7) is 1.55. The number of anilines is 1. The number of alkyl halides is 3. The molecule has 0 bridgehead atoms. The Labute approximate surface area is 161 Å². The van der Waals surface area contributed by atoms with Crippen molar-refractivity contribution in [3.8, 4) is 0 Å². The van der Waals surface area contributed by atoms with Crippen LogP contribution >= 0.6 is 0 Å². The molecule has 150 valence electrons. The molecule has 5 nitrogen and oxygen atoms in total. The van der Waals surface area contributed by atoms with E-state index in [1.54, 1.807) is 7.05 Å². The molecule has 28 heavy (non-hydrogen) atoms. The van der Waals surface area contributed by atoms with Crippen molar-refractivity contribution < 1.29 is 22.8 Å². The second-order valence-electron chi connectivity index (χ2n) is 6.46. The molecule has 0 heterocycles. The van der Waals surface area contributed by atoms with Gasteiger partial charge in [0.1, 0.15) is 0 Å². The van der Waals surface area contributed by atoms with Crippen LogP contribution in [-0.4, -0.2) is 36.9 Å². The van der Waals surface area contributed by atoms with Gasteiger partial charge in [-0.1, -0.05) is 42.5 Å². The number of hydrogen-bond donors (Lipinski definition) is 2. The van der Waals surface area contributed by atoms with Gasteiger partial charge in [-0.15, -0.1) is 0 Å². The minimum Gasteiger partial charge on any atom is -0.348 e. The summed E-state index contributed by atoms with van der Waals surface area (Å²) in [4.78, 5) is 25.6. The van der Waals surface area contributed by atoms with Gasteiger partial charge in [0, 0.05) is 0 Å². The van der Waals surface area contributed by atoms with E-state index in [2.05, 4.69) is 10.6 Å². The average molecular weight is 393 g/mol. The van der Waals surface area contributed by atoms with E-state index in [1.165, 1.54) is 23.1 Å². The van der Waals surface area contributed by atoms with Crippen LogP contribution in [0.4, 0.5) is 18.9 Å². The summed E-state index contributed by atoms with van der Waals surface area (Å²) in [5.41, 5.74) is -0.281. The highest BCUT2D eigenvalue weighted by molar-refractivity contribution is 5.93. The minimum absolute atomic E-state index is 0.0640. The second-order valence-corrected chi connectivity index (χ2v) is 6.46. The number of amides is 2. The third kappa shape index (κ3) is 6.38. The van der Waals surface area contributed by atoms with Crippen LogP contribution in [0.3, 0.4) is 0 Å². The summed E-state index contributed by atoms with van der Waals surface area (Å²) in [5, 5.41) is 5.07. The molecule has 1 atom stereocenters. The van der Waals surface area contributed by atoms with Gasteiger partial charge in [0.2, 0.25) is 11.8 Å². The number of benzene rings is 2. The molecule has 2 N–H and O–H groups in total. The number of hydrogen-bond acceptors (Lipinski definition) is 3. The number of nitrogens with zero attached hydrogens (tertiary/aromatic N) is 1. The Balaban J connectivity index is 1.87. The van der Waals surface area contributed by atoms with Crippen molar-refractivity contribution in [1.82, 2.24) is 10.2 Å². The van der Waals surface area contributed by atoms with Crippen molar-refractivity contribution in [2.45, 2.75) is 19.1 Å². The first kappa shape index (κ1) is 21.4. The van der Waals surface area contributed by atoms with Gasteiger partial charge < -0.3 is 10.6 Å². The number of rotatable bonds is 7. The van der Waals surface area contributed by atoms with Crippen LogP contribution in [0.5, 0.6) is 0 Å². The molecule has 0 saturated heterocycles. The summed E-state index contributed by atoms with van der Waals surface area (Å²) in [5.74, 6) is -0.926. The van der Waals surface area contributed by atoms with Gasteiger partial charge in [-0.25, -0.2) is 0 Å². The predicted octanol–water partition coefficient (Wildman–Crippen LogP) is 3.45. The lowest BCUT2D eigenvalue weighted by Crippen LogP contribution is -2.39. The molecule has 0 radical (unpaired) electrons. The zero-order valence-electron chi connectivity index (χ0n) is 15.6. The molecule has 0 spiro atoms. The van der Waals surface area contributed by atoms with Crippen LogP contribution in [0.15, 0.2) is 54.6 Å². The minimum atomic E-state index is -4.57. The van der Waals surface area contributed by atoms with Crippen molar-refractivity contribution >= 4 is 17.5 Å². The summed E-state index contributed by atoms with van der Waals surface area (Å²) in [7, 11) is 1.54. The lowest BCUT2D eigenvalue weighted by molar-refractivity contribution is -0.137. The van der Waals surface area contributed by atoms with E-state index in [1.807, 2.05) is 37.3 Å². The maximum Gasteiger partial charge on any atom is 0.418 e. The normalized spacial score (nSPS) is 12.5. The quantitative estimate of drug-likeness (QED) is 0.758. The molecule has 0 fully saturated rings. The van der Waals surface area contributed by atoms with Crippen molar-refractivity contribution in [2.75, 3.05) is 25.5 Å². The first-order valence-electron chi connectivity index (χ1n) is 8.65. The van der Waals surface area contributed by atoms with Crippen LogP contribution in [0.2, 0.25) is 0 Å². The standard InChI is InChI=1S/C20H22F3N3O2/c1-14(15-8-4-3-5-9-15)24-18(27)12-26(2)13-19(28)25-17-11-7-6-10-16(17)20(21,22)23/h3-11,14H,12-13H2,1-2H3,(H,24,27)(H,25,28). The highest BCUT2D eigenvalue weighted by Crippen LogP contribution is 2.34. The Morgan fingerprint density at radius 1 is 0.964 bits per heavy atom. The fraction of sp³-hybridized carbons (Fsp3) is 0.300.